The molecule has 3 aromatic carbocycles. The van der Waals surface area contributed by atoms with Crippen LogP contribution < -0.4 is 14.8 Å². The van der Waals surface area contributed by atoms with Gasteiger partial charge in [-0.15, -0.1) is 0 Å². The minimum Gasteiger partial charge on any atom is -0.465 e. The summed E-state index contributed by atoms with van der Waals surface area (Å²) in [6.45, 7) is 0. The molecule has 144 valence electrons. The van der Waals surface area contributed by atoms with Crippen LogP contribution in [0.1, 0.15) is 10.4 Å². The highest BCUT2D eigenvalue weighted by Crippen LogP contribution is 2.28. The smallest absolute Gasteiger partial charge is 0.340 e. The van der Waals surface area contributed by atoms with E-state index in [-0.39, 0.29) is 0 Å². The van der Waals surface area contributed by atoms with E-state index in [0.717, 1.165) is 0 Å². The van der Waals surface area contributed by atoms with Crippen LogP contribution in [0.2, 0.25) is 0 Å². The predicted molar refractivity (Wildman–Crippen MR) is 110 cm³/mol. The van der Waals surface area contributed by atoms with Crippen LogP contribution in [0.5, 0.6) is 11.5 Å². The maximum absolute atomic E-state index is 12.3. The first-order valence-electron chi connectivity index (χ1n) is 8.52. The van der Waals surface area contributed by atoms with Crippen LogP contribution in [-0.4, -0.2) is 24.3 Å². The van der Waals surface area contributed by atoms with Gasteiger partial charge in [-0.05, 0) is 54.6 Å². The Bertz CT molecular complexity index is 975. The Morgan fingerprint density at radius 1 is 0.929 bits per heavy atom. The van der Waals surface area contributed by atoms with Crippen LogP contribution in [0.25, 0.3) is 0 Å². The molecule has 0 aliphatic heterocycles. The fourth-order valence-corrected chi connectivity index (χ4v) is 3.39. The largest absolute Gasteiger partial charge is 0.465 e. The molecule has 2 N–H and O–H groups in total. The summed E-state index contributed by atoms with van der Waals surface area (Å²) in [7, 11) is 1.72. The third kappa shape index (κ3) is 4.69. The lowest BCUT2D eigenvalue weighted by Crippen LogP contribution is -2.06. The molecule has 1 unspecified atom stereocenters. The number of hydrogen-bond donors (Lipinski definition) is 2. The van der Waals surface area contributed by atoms with E-state index in [4.69, 9.17) is 9.47 Å². The number of benzene rings is 3. The molecule has 0 bridgehead atoms. The van der Waals surface area contributed by atoms with Gasteiger partial charge in [-0.3, -0.25) is 0 Å². The lowest BCUT2D eigenvalue weighted by Gasteiger charge is -2.11. The minimum atomic E-state index is -1.34. The van der Waals surface area contributed by atoms with Crippen molar-refractivity contribution in [2.24, 2.45) is 0 Å². The van der Waals surface area contributed by atoms with E-state index in [9.17, 15) is 9.00 Å². The molecular formula is C21H20N2O4S. The van der Waals surface area contributed by atoms with Gasteiger partial charge in [0.1, 0.15) is 22.5 Å². The van der Waals surface area contributed by atoms with E-state index in [1.54, 1.807) is 61.6 Å². The summed E-state index contributed by atoms with van der Waals surface area (Å²) in [5.74, 6) is 0.648. The van der Waals surface area contributed by atoms with Crippen molar-refractivity contribution >= 4 is 28.3 Å². The SMILES string of the molecule is CNc1ccc(Oc2ccc(NS(=O)c3ccccc3)cc2)cc1C(=O)OC. The molecule has 0 aromatic heterocycles. The van der Waals surface area contributed by atoms with E-state index in [1.165, 1.54) is 7.11 Å². The third-order valence-electron chi connectivity index (χ3n) is 3.92. The zero-order chi connectivity index (χ0) is 19.9. The minimum absolute atomic E-state index is 0.388. The van der Waals surface area contributed by atoms with Crippen LogP contribution in [0.4, 0.5) is 11.4 Å². The standard InChI is InChI=1S/C21H20N2O4S/c1-22-20-13-12-17(14-19(20)21(24)26-2)27-16-10-8-15(9-11-16)23-28(25)18-6-4-3-5-7-18/h3-14,22-23H,1-2H3. The maximum Gasteiger partial charge on any atom is 0.340 e. The molecule has 3 aromatic rings. The Hall–Kier alpha value is -3.32. The van der Waals surface area contributed by atoms with E-state index in [0.29, 0.717) is 33.3 Å². The highest BCUT2D eigenvalue weighted by molar-refractivity contribution is 7.86. The van der Waals surface area contributed by atoms with Crippen molar-refractivity contribution in [3.05, 3.63) is 78.4 Å². The number of rotatable bonds is 7. The monoisotopic (exact) mass is 396 g/mol. The number of methoxy groups -OCH3 is 1. The van der Waals surface area contributed by atoms with Gasteiger partial charge in [-0.25, -0.2) is 9.00 Å². The van der Waals surface area contributed by atoms with Gasteiger partial charge in [-0.2, -0.15) is 0 Å². The molecule has 0 aliphatic carbocycles. The summed E-state index contributed by atoms with van der Waals surface area (Å²) < 4.78 is 25.9. The van der Waals surface area contributed by atoms with Crippen LogP contribution >= 0.6 is 0 Å². The van der Waals surface area contributed by atoms with E-state index in [2.05, 4.69) is 10.0 Å². The second kappa shape index (κ2) is 9.05. The number of carbonyl (C=O) groups is 1. The zero-order valence-corrected chi connectivity index (χ0v) is 16.3. The number of hydrogen-bond acceptors (Lipinski definition) is 5. The Labute approximate surface area is 166 Å². The zero-order valence-electron chi connectivity index (χ0n) is 15.5. The molecule has 0 saturated heterocycles. The number of esters is 1. The van der Waals surface area contributed by atoms with Gasteiger partial charge in [0.25, 0.3) is 0 Å². The summed E-state index contributed by atoms with van der Waals surface area (Å²) in [5, 5.41) is 2.95. The van der Waals surface area contributed by atoms with Crippen molar-refractivity contribution < 1.29 is 18.5 Å². The highest BCUT2D eigenvalue weighted by Gasteiger charge is 2.13. The topological polar surface area (TPSA) is 76.7 Å². The average molecular weight is 396 g/mol. The fraction of sp³-hybridized carbons (Fsp3) is 0.0952. The van der Waals surface area contributed by atoms with Crippen molar-refractivity contribution in [3.8, 4) is 11.5 Å². The Kier molecular flexibility index (Phi) is 6.29. The molecule has 0 aliphatic rings. The summed E-state index contributed by atoms with van der Waals surface area (Å²) in [6, 6.07) is 21.4. The summed E-state index contributed by atoms with van der Waals surface area (Å²) in [5.41, 5.74) is 1.75. The second-order valence-corrected chi connectivity index (χ2v) is 6.97. The number of nitrogens with one attached hydrogen (secondary N) is 2. The molecule has 0 spiro atoms. The Morgan fingerprint density at radius 2 is 1.61 bits per heavy atom. The molecule has 6 nitrogen and oxygen atoms in total. The summed E-state index contributed by atoms with van der Waals surface area (Å²) in [6.07, 6.45) is 0. The number of carbonyl (C=O) groups excluding carboxylic acids is 1. The van der Waals surface area contributed by atoms with Crippen LogP contribution in [0.15, 0.2) is 77.7 Å². The first-order chi connectivity index (χ1) is 13.6. The van der Waals surface area contributed by atoms with Gasteiger partial charge in [0.05, 0.1) is 17.6 Å². The van der Waals surface area contributed by atoms with Gasteiger partial charge in [0.15, 0.2) is 0 Å². The van der Waals surface area contributed by atoms with Crippen molar-refractivity contribution in [2.45, 2.75) is 4.90 Å². The molecule has 0 heterocycles. The van der Waals surface area contributed by atoms with E-state index in [1.807, 2.05) is 18.2 Å². The Morgan fingerprint density at radius 3 is 2.25 bits per heavy atom. The van der Waals surface area contributed by atoms with Gasteiger partial charge in [0, 0.05) is 18.4 Å². The lowest BCUT2D eigenvalue weighted by atomic mass is 10.1. The first-order valence-corrected chi connectivity index (χ1v) is 9.67. The van der Waals surface area contributed by atoms with E-state index >= 15 is 0 Å². The lowest BCUT2D eigenvalue weighted by molar-refractivity contribution is 0.0601. The van der Waals surface area contributed by atoms with Crippen LogP contribution in [-0.2, 0) is 15.7 Å². The molecular weight excluding hydrogens is 376 g/mol. The normalized spacial score (nSPS) is 11.4. The highest BCUT2D eigenvalue weighted by atomic mass is 32.2. The second-order valence-electron chi connectivity index (χ2n) is 5.76. The van der Waals surface area contributed by atoms with E-state index < -0.39 is 17.0 Å². The van der Waals surface area contributed by atoms with Crippen molar-refractivity contribution in [3.63, 3.8) is 0 Å². The van der Waals surface area contributed by atoms with Gasteiger partial charge >= 0.3 is 5.97 Å². The van der Waals surface area contributed by atoms with Crippen LogP contribution in [0, 0.1) is 0 Å². The molecule has 3 rings (SSSR count). The van der Waals surface area contributed by atoms with Crippen molar-refractivity contribution in [2.75, 3.05) is 24.2 Å². The first kappa shape index (κ1) is 19.4. The average Bonchev–Trinajstić information content (AvgIpc) is 2.75. The molecule has 0 amide bonds. The molecule has 0 fully saturated rings. The van der Waals surface area contributed by atoms with Gasteiger partial charge in [-0.1, -0.05) is 18.2 Å². The maximum atomic E-state index is 12.3. The molecule has 0 saturated carbocycles. The quantitative estimate of drug-likeness (QED) is 0.577. The molecule has 28 heavy (non-hydrogen) atoms. The molecule has 0 radical (unpaired) electrons. The van der Waals surface area contributed by atoms with Gasteiger partial charge < -0.3 is 19.5 Å². The summed E-state index contributed by atoms with van der Waals surface area (Å²) >= 11 is 0. The number of ether oxygens (including phenoxy) is 2. The predicted octanol–water partition coefficient (Wildman–Crippen LogP) is 4.44. The van der Waals surface area contributed by atoms with Crippen molar-refractivity contribution in [1.82, 2.24) is 0 Å². The molecule has 7 heteroatoms. The summed E-state index contributed by atoms with van der Waals surface area (Å²) in [4.78, 5) is 12.6. The van der Waals surface area contributed by atoms with Crippen molar-refractivity contribution in [1.29, 1.82) is 0 Å². The van der Waals surface area contributed by atoms with Gasteiger partial charge in [0.2, 0.25) is 0 Å². The third-order valence-corrected chi connectivity index (χ3v) is 5.04. The number of anilines is 2. The van der Waals surface area contributed by atoms with Crippen LogP contribution in [0.3, 0.4) is 0 Å². The molecule has 1 atom stereocenters. The fourth-order valence-electron chi connectivity index (χ4n) is 2.52. The Balaban J connectivity index is 1.71.